The van der Waals surface area contributed by atoms with Crippen LogP contribution in [0.15, 0.2) is 24.3 Å². The van der Waals surface area contributed by atoms with Crippen molar-refractivity contribution in [3.05, 3.63) is 29.8 Å². The van der Waals surface area contributed by atoms with E-state index in [0.717, 1.165) is 11.3 Å². The van der Waals surface area contributed by atoms with Crippen LogP contribution < -0.4 is 4.74 Å². The number of methoxy groups -OCH3 is 2. The zero-order chi connectivity index (χ0) is 16.8. The molecule has 1 aromatic rings. The summed E-state index contributed by atoms with van der Waals surface area (Å²) in [5.74, 6) is 1.20. The second-order valence-corrected chi connectivity index (χ2v) is 6.31. The van der Waals surface area contributed by atoms with Crippen molar-refractivity contribution < 1.29 is 19.1 Å². The van der Waals surface area contributed by atoms with Gasteiger partial charge in [-0.25, -0.2) is 0 Å². The molecule has 0 saturated carbocycles. The van der Waals surface area contributed by atoms with Crippen molar-refractivity contribution in [2.45, 2.75) is 5.37 Å². The molecule has 0 aliphatic carbocycles. The highest BCUT2D eigenvalue weighted by atomic mass is 32.2. The van der Waals surface area contributed by atoms with Gasteiger partial charge >= 0.3 is 0 Å². The van der Waals surface area contributed by atoms with Crippen molar-refractivity contribution >= 4 is 23.6 Å². The highest BCUT2D eigenvalue weighted by Crippen LogP contribution is 2.42. The standard InChI is InChI=1S/C16H22N2O4S/c1-17(14(19)10-21-2)8-9-18-15(20)11-23-16(18)12-6-4-5-7-13(12)22-3/h4-7,16H,8-11H2,1-3H3/t16-/m0/s1. The summed E-state index contributed by atoms with van der Waals surface area (Å²) in [6, 6.07) is 7.71. The Balaban J connectivity index is 2.07. The highest BCUT2D eigenvalue weighted by molar-refractivity contribution is 8.00. The molecule has 1 heterocycles. The fraction of sp³-hybridized carbons (Fsp3) is 0.500. The average Bonchev–Trinajstić information content (AvgIpc) is 2.93. The fourth-order valence-electron chi connectivity index (χ4n) is 2.44. The molecule has 7 heteroatoms. The molecule has 1 saturated heterocycles. The fourth-order valence-corrected chi connectivity index (χ4v) is 3.68. The number of carbonyl (C=O) groups is 2. The summed E-state index contributed by atoms with van der Waals surface area (Å²) >= 11 is 1.58. The molecule has 1 atom stereocenters. The maximum absolute atomic E-state index is 12.2. The Morgan fingerprint density at radius 3 is 2.83 bits per heavy atom. The van der Waals surface area contributed by atoms with Gasteiger partial charge in [0.25, 0.3) is 0 Å². The van der Waals surface area contributed by atoms with Gasteiger partial charge in [-0.15, -0.1) is 11.8 Å². The van der Waals surface area contributed by atoms with Gasteiger partial charge in [-0.05, 0) is 6.07 Å². The van der Waals surface area contributed by atoms with E-state index in [4.69, 9.17) is 9.47 Å². The van der Waals surface area contributed by atoms with Gasteiger partial charge in [0.15, 0.2) is 0 Å². The summed E-state index contributed by atoms with van der Waals surface area (Å²) in [6.07, 6.45) is 0. The van der Waals surface area contributed by atoms with E-state index in [-0.39, 0.29) is 23.8 Å². The van der Waals surface area contributed by atoms with Crippen LogP contribution in [-0.4, -0.2) is 68.3 Å². The highest BCUT2D eigenvalue weighted by Gasteiger charge is 2.34. The average molecular weight is 338 g/mol. The van der Waals surface area contributed by atoms with Crippen LogP contribution in [0.3, 0.4) is 0 Å². The molecule has 2 amide bonds. The first-order valence-corrected chi connectivity index (χ1v) is 8.40. The van der Waals surface area contributed by atoms with Gasteiger partial charge in [0.05, 0.1) is 12.9 Å². The van der Waals surface area contributed by atoms with E-state index in [2.05, 4.69) is 0 Å². The van der Waals surface area contributed by atoms with Crippen LogP contribution in [0.1, 0.15) is 10.9 Å². The summed E-state index contributed by atoms with van der Waals surface area (Å²) < 4.78 is 10.3. The summed E-state index contributed by atoms with van der Waals surface area (Å²) in [6.45, 7) is 1.01. The van der Waals surface area contributed by atoms with Gasteiger partial charge in [0.2, 0.25) is 11.8 Å². The molecule has 126 valence electrons. The van der Waals surface area contributed by atoms with Crippen molar-refractivity contribution in [2.24, 2.45) is 0 Å². The lowest BCUT2D eigenvalue weighted by atomic mass is 10.2. The van der Waals surface area contributed by atoms with Crippen LogP contribution in [0.4, 0.5) is 0 Å². The van der Waals surface area contributed by atoms with Crippen molar-refractivity contribution in [3.63, 3.8) is 0 Å². The SMILES string of the molecule is COCC(=O)N(C)CCN1C(=O)CS[C@H]1c1ccccc1OC. The predicted octanol–water partition coefficient (Wildman–Crippen LogP) is 1.37. The van der Waals surface area contributed by atoms with E-state index in [9.17, 15) is 9.59 Å². The number of ether oxygens (including phenoxy) is 2. The monoisotopic (exact) mass is 338 g/mol. The molecule has 0 bridgehead atoms. The molecule has 0 radical (unpaired) electrons. The van der Waals surface area contributed by atoms with Crippen LogP contribution in [-0.2, 0) is 14.3 Å². The lowest BCUT2D eigenvalue weighted by Gasteiger charge is -2.27. The molecule has 0 N–H and O–H groups in total. The van der Waals surface area contributed by atoms with Crippen LogP contribution in [0.2, 0.25) is 0 Å². The Morgan fingerprint density at radius 2 is 2.13 bits per heavy atom. The largest absolute Gasteiger partial charge is 0.496 e. The van der Waals surface area contributed by atoms with Gasteiger partial charge in [-0.1, -0.05) is 18.2 Å². The topological polar surface area (TPSA) is 59.1 Å². The summed E-state index contributed by atoms with van der Waals surface area (Å²) in [7, 11) is 4.83. The van der Waals surface area contributed by atoms with Crippen LogP contribution >= 0.6 is 11.8 Å². The van der Waals surface area contributed by atoms with Crippen molar-refractivity contribution in [2.75, 3.05) is 46.7 Å². The van der Waals surface area contributed by atoms with Crippen molar-refractivity contribution in [1.82, 2.24) is 9.80 Å². The molecular weight excluding hydrogens is 316 g/mol. The molecule has 6 nitrogen and oxygen atoms in total. The van der Waals surface area contributed by atoms with E-state index in [1.165, 1.54) is 7.11 Å². The minimum atomic E-state index is -0.0966. The molecule has 1 fully saturated rings. The number of likely N-dealkylation sites (N-methyl/N-ethyl adjacent to an activating group) is 1. The summed E-state index contributed by atoms with van der Waals surface area (Å²) in [4.78, 5) is 27.3. The van der Waals surface area contributed by atoms with E-state index in [1.807, 2.05) is 24.3 Å². The quantitative estimate of drug-likeness (QED) is 0.752. The Morgan fingerprint density at radius 1 is 1.39 bits per heavy atom. The third kappa shape index (κ3) is 4.17. The minimum absolute atomic E-state index is 0.0507. The van der Waals surface area contributed by atoms with Gasteiger partial charge in [-0.3, -0.25) is 9.59 Å². The number of amides is 2. The number of carbonyl (C=O) groups excluding carboxylic acids is 2. The molecular formula is C16H22N2O4S. The summed E-state index contributed by atoms with van der Waals surface area (Å²) in [5, 5.41) is -0.0791. The molecule has 23 heavy (non-hydrogen) atoms. The van der Waals surface area contributed by atoms with Crippen LogP contribution in [0.5, 0.6) is 5.75 Å². The second kappa shape index (κ2) is 8.21. The van der Waals surface area contributed by atoms with E-state index in [1.54, 1.807) is 35.7 Å². The number of para-hydroxylation sites is 1. The van der Waals surface area contributed by atoms with Gasteiger partial charge in [0.1, 0.15) is 17.7 Å². The van der Waals surface area contributed by atoms with Crippen LogP contribution in [0.25, 0.3) is 0 Å². The van der Waals surface area contributed by atoms with Gasteiger partial charge < -0.3 is 19.3 Å². The Kier molecular flexibility index (Phi) is 6.29. The number of benzene rings is 1. The van der Waals surface area contributed by atoms with Gasteiger partial charge in [0, 0.05) is 32.8 Å². The first kappa shape index (κ1) is 17.6. The lowest BCUT2D eigenvalue weighted by molar-refractivity contribution is -0.135. The number of rotatable bonds is 7. The van der Waals surface area contributed by atoms with E-state index in [0.29, 0.717) is 18.8 Å². The molecule has 1 aromatic carbocycles. The predicted molar refractivity (Wildman–Crippen MR) is 89.4 cm³/mol. The van der Waals surface area contributed by atoms with Crippen LogP contribution in [0, 0.1) is 0 Å². The first-order valence-electron chi connectivity index (χ1n) is 7.35. The third-order valence-corrected chi connectivity index (χ3v) is 4.98. The lowest BCUT2D eigenvalue weighted by Crippen LogP contribution is -2.39. The molecule has 1 aliphatic heterocycles. The Bertz CT molecular complexity index is 567. The number of hydrogen-bond donors (Lipinski definition) is 0. The minimum Gasteiger partial charge on any atom is -0.496 e. The zero-order valence-electron chi connectivity index (χ0n) is 13.7. The molecule has 0 aromatic heterocycles. The smallest absolute Gasteiger partial charge is 0.248 e. The zero-order valence-corrected chi connectivity index (χ0v) is 14.5. The molecule has 0 spiro atoms. The third-order valence-electron chi connectivity index (χ3n) is 3.74. The molecule has 0 unspecified atom stereocenters. The van der Waals surface area contributed by atoms with Crippen molar-refractivity contribution in [1.29, 1.82) is 0 Å². The maximum Gasteiger partial charge on any atom is 0.248 e. The first-order chi connectivity index (χ1) is 11.1. The summed E-state index contributed by atoms with van der Waals surface area (Å²) in [5.41, 5.74) is 0.983. The number of thioether (sulfide) groups is 1. The number of hydrogen-bond acceptors (Lipinski definition) is 5. The molecule has 2 rings (SSSR count). The maximum atomic E-state index is 12.2. The van der Waals surface area contributed by atoms with Gasteiger partial charge in [-0.2, -0.15) is 0 Å². The van der Waals surface area contributed by atoms with Crippen molar-refractivity contribution in [3.8, 4) is 5.75 Å². The molecule has 1 aliphatic rings. The Labute approximate surface area is 140 Å². The number of nitrogens with zero attached hydrogens (tertiary/aromatic N) is 2. The normalized spacial score (nSPS) is 17.4. The Hall–Kier alpha value is -1.73. The van der Waals surface area contributed by atoms with E-state index >= 15 is 0 Å². The van der Waals surface area contributed by atoms with E-state index < -0.39 is 0 Å². The second-order valence-electron chi connectivity index (χ2n) is 5.24.